The molecule has 0 saturated heterocycles. The largest absolute Gasteiger partial charge is 0.506 e. The highest BCUT2D eigenvalue weighted by Gasteiger charge is 2.18. The molecule has 0 fully saturated rings. The molecule has 0 saturated carbocycles. The second kappa shape index (κ2) is 5.17. The van der Waals surface area contributed by atoms with Crippen LogP contribution in [0.15, 0.2) is 24.4 Å². The van der Waals surface area contributed by atoms with Crippen molar-refractivity contribution in [1.82, 2.24) is 9.78 Å². The third kappa shape index (κ3) is 2.54. The van der Waals surface area contributed by atoms with E-state index in [0.29, 0.717) is 0 Å². The molecule has 0 unspecified atom stereocenters. The first kappa shape index (κ1) is 13.8. The van der Waals surface area contributed by atoms with E-state index in [0.717, 1.165) is 18.2 Å². The number of rotatable bonds is 3. The van der Waals surface area contributed by atoms with Gasteiger partial charge in [0, 0.05) is 19.2 Å². The number of nitrogens with one attached hydrogen (secondary N) is 1. The molecule has 2 N–H and O–H groups in total. The number of nitro groups is 1. The summed E-state index contributed by atoms with van der Waals surface area (Å²) in [5.74, 6) is -0.923. The lowest BCUT2D eigenvalue weighted by Crippen LogP contribution is -2.16. The molecule has 1 aromatic carbocycles. The van der Waals surface area contributed by atoms with Crippen molar-refractivity contribution in [2.75, 3.05) is 5.32 Å². The summed E-state index contributed by atoms with van der Waals surface area (Å²) in [6.07, 6.45) is 1.30. The summed E-state index contributed by atoms with van der Waals surface area (Å²) in [6, 6.07) is 3.30. The van der Waals surface area contributed by atoms with Crippen molar-refractivity contribution >= 4 is 28.9 Å². The number of non-ortho nitro benzene ring substituents is 1. The van der Waals surface area contributed by atoms with Gasteiger partial charge in [0.1, 0.15) is 11.4 Å². The van der Waals surface area contributed by atoms with Crippen molar-refractivity contribution in [1.29, 1.82) is 0 Å². The van der Waals surface area contributed by atoms with Crippen LogP contribution in [0, 0.1) is 10.1 Å². The van der Waals surface area contributed by atoms with E-state index in [9.17, 15) is 20.0 Å². The van der Waals surface area contributed by atoms with E-state index >= 15 is 0 Å². The molecule has 20 heavy (non-hydrogen) atoms. The Kier molecular flexibility index (Phi) is 3.57. The number of amides is 1. The molecular weight excluding hydrogens is 288 g/mol. The number of nitrogens with zero attached hydrogens (tertiary/aromatic N) is 3. The van der Waals surface area contributed by atoms with Crippen molar-refractivity contribution in [2.45, 2.75) is 0 Å². The van der Waals surface area contributed by atoms with Gasteiger partial charge in [0.25, 0.3) is 11.6 Å². The first-order valence-electron chi connectivity index (χ1n) is 5.36. The smallest absolute Gasteiger partial charge is 0.275 e. The molecule has 0 spiro atoms. The topological polar surface area (TPSA) is 110 Å². The number of nitro benzene ring substituents is 1. The number of hydrogen-bond donors (Lipinski definition) is 2. The van der Waals surface area contributed by atoms with Crippen molar-refractivity contribution in [3.63, 3.8) is 0 Å². The van der Waals surface area contributed by atoms with Crippen molar-refractivity contribution < 1.29 is 14.8 Å². The Balaban J connectivity index is 2.33. The molecule has 0 aliphatic heterocycles. The summed E-state index contributed by atoms with van der Waals surface area (Å²) in [5, 5.41) is 26.6. The fourth-order valence-corrected chi connectivity index (χ4v) is 1.84. The van der Waals surface area contributed by atoms with Crippen LogP contribution in [0.3, 0.4) is 0 Å². The number of aromatic hydroxyl groups is 1. The van der Waals surface area contributed by atoms with Crippen molar-refractivity contribution in [2.24, 2.45) is 7.05 Å². The number of benzene rings is 1. The molecule has 1 amide bonds. The monoisotopic (exact) mass is 296 g/mol. The lowest BCUT2D eigenvalue weighted by atomic mass is 10.2. The fourth-order valence-electron chi connectivity index (χ4n) is 1.59. The third-order valence-corrected chi connectivity index (χ3v) is 2.82. The van der Waals surface area contributed by atoms with Crippen LogP contribution in [0.25, 0.3) is 0 Å². The molecule has 0 aliphatic rings. The number of halogens is 1. The van der Waals surface area contributed by atoms with Gasteiger partial charge < -0.3 is 10.4 Å². The Hall–Kier alpha value is -2.61. The molecule has 1 heterocycles. The van der Waals surface area contributed by atoms with Gasteiger partial charge in [-0.15, -0.1) is 0 Å². The Morgan fingerprint density at radius 1 is 1.55 bits per heavy atom. The van der Waals surface area contributed by atoms with Gasteiger partial charge in [-0.2, -0.15) is 5.10 Å². The third-order valence-electron chi connectivity index (χ3n) is 2.55. The summed E-state index contributed by atoms with van der Waals surface area (Å²) in [4.78, 5) is 22.0. The minimum atomic E-state index is -0.634. The summed E-state index contributed by atoms with van der Waals surface area (Å²) >= 11 is 5.81. The van der Waals surface area contributed by atoms with Gasteiger partial charge in [0.15, 0.2) is 0 Å². The Bertz CT molecular complexity index is 678. The molecule has 2 rings (SSSR count). The normalized spacial score (nSPS) is 10.3. The van der Waals surface area contributed by atoms with Gasteiger partial charge in [-0.3, -0.25) is 19.6 Å². The Morgan fingerprint density at radius 3 is 2.80 bits per heavy atom. The molecule has 1 aromatic heterocycles. The number of hydrogen-bond acceptors (Lipinski definition) is 5. The van der Waals surface area contributed by atoms with Crippen LogP contribution in [-0.2, 0) is 7.05 Å². The van der Waals surface area contributed by atoms with E-state index < -0.39 is 10.8 Å². The summed E-state index contributed by atoms with van der Waals surface area (Å²) < 4.78 is 1.26. The molecule has 0 aliphatic carbocycles. The number of aryl methyl sites for hydroxylation is 1. The van der Waals surface area contributed by atoms with Gasteiger partial charge in [-0.25, -0.2) is 0 Å². The number of phenols is 1. The maximum Gasteiger partial charge on any atom is 0.275 e. The zero-order valence-electron chi connectivity index (χ0n) is 10.2. The number of carbonyl (C=O) groups excluding carboxylic acids is 1. The first-order valence-corrected chi connectivity index (χ1v) is 5.74. The summed E-state index contributed by atoms with van der Waals surface area (Å²) in [7, 11) is 1.52. The minimum Gasteiger partial charge on any atom is -0.506 e. The quantitative estimate of drug-likeness (QED) is 0.511. The molecule has 0 atom stereocenters. The SMILES string of the molecule is Cn1ncc(Cl)c1C(=O)Nc1cc([N+](=O)[O-])ccc1O. The van der Waals surface area contributed by atoms with Crippen molar-refractivity contribution in [3.05, 3.63) is 45.2 Å². The highest BCUT2D eigenvalue weighted by atomic mass is 35.5. The molecule has 0 bridgehead atoms. The van der Waals surface area contributed by atoms with E-state index in [2.05, 4.69) is 10.4 Å². The maximum absolute atomic E-state index is 12.0. The van der Waals surface area contributed by atoms with E-state index in [4.69, 9.17) is 11.6 Å². The molecule has 9 heteroatoms. The van der Waals surface area contributed by atoms with Crippen LogP contribution in [0.1, 0.15) is 10.5 Å². The van der Waals surface area contributed by atoms with Gasteiger partial charge in [-0.1, -0.05) is 11.6 Å². The second-order valence-electron chi connectivity index (χ2n) is 3.88. The van der Waals surface area contributed by atoms with Gasteiger partial charge in [0.05, 0.1) is 21.8 Å². The number of anilines is 1. The van der Waals surface area contributed by atoms with E-state index in [-0.39, 0.29) is 27.8 Å². The average Bonchev–Trinajstić information content (AvgIpc) is 2.71. The van der Waals surface area contributed by atoms with E-state index in [1.165, 1.54) is 17.9 Å². The maximum atomic E-state index is 12.0. The zero-order valence-corrected chi connectivity index (χ0v) is 11.0. The number of aromatic nitrogens is 2. The van der Waals surface area contributed by atoms with Crippen LogP contribution < -0.4 is 5.32 Å². The predicted molar refractivity (Wildman–Crippen MR) is 70.9 cm³/mol. The number of phenolic OH excluding ortho intramolecular Hbond substituents is 1. The van der Waals surface area contributed by atoms with Gasteiger partial charge >= 0.3 is 0 Å². The van der Waals surface area contributed by atoms with E-state index in [1.54, 1.807) is 0 Å². The lowest BCUT2D eigenvalue weighted by Gasteiger charge is -2.07. The van der Waals surface area contributed by atoms with Crippen LogP contribution in [0.5, 0.6) is 5.75 Å². The highest BCUT2D eigenvalue weighted by molar-refractivity contribution is 6.34. The first-order chi connectivity index (χ1) is 9.40. The highest BCUT2D eigenvalue weighted by Crippen LogP contribution is 2.28. The average molecular weight is 297 g/mol. The standard InChI is InChI=1S/C11H9ClN4O4/c1-15-10(7(12)5-13-15)11(18)14-8-4-6(16(19)20)2-3-9(8)17/h2-5,17H,1H3,(H,14,18). The predicted octanol–water partition coefficient (Wildman–Crippen LogP) is 1.94. The van der Waals surface area contributed by atoms with Crippen molar-refractivity contribution in [3.8, 4) is 5.75 Å². The minimum absolute atomic E-state index is 0.0811. The number of carbonyl (C=O) groups is 1. The van der Waals surface area contributed by atoms with Crippen LogP contribution in [-0.4, -0.2) is 25.7 Å². The molecule has 2 aromatic rings. The van der Waals surface area contributed by atoms with Gasteiger partial charge in [0.2, 0.25) is 0 Å². The zero-order chi connectivity index (χ0) is 14.9. The molecule has 8 nitrogen and oxygen atoms in total. The molecular formula is C11H9ClN4O4. The second-order valence-corrected chi connectivity index (χ2v) is 4.28. The summed E-state index contributed by atoms with van der Waals surface area (Å²) in [6.45, 7) is 0. The van der Waals surface area contributed by atoms with E-state index in [1.807, 2.05) is 0 Å². The van der Waals surface area contributed by atoms with Gasteiger partial charge in [-0.05, 0) is 6.07 Å². The summed E-state index contributed by atoms with van der Waals surface area (Å²) in [5.41, 5.74) is -0.256. The fraction of sp³-hybridized carbons (Fsp3) is 0.0909. The Morgan fingerprint density at radius 2 is 2.25 bits per heavy atom. The lowest BCUT2D eigenvalue weighted by molar-refractivity contribution is -0.384. The van der Waals surface area contributed by atoms with Crippen LogP contribution in [0.2, 0.25) is 5.02 Å². The molecule has 0 radical (unpaired) electrons. The van der Waals surface area contributed by atoms with Crippen LogP contribution >= 0.6 is 11.6 Å². The molecule has 104 valence electrons. The Labute approximate surface area is 117 Å². The van der Waals surface area contributed by atoms with Crippen LogP contribution in [0.4, 0.5) is 11.4 Å².